The summed E-state index contributed by atoms with van der Waals surface area (Å²) >= 11 is 1.17. The summed E-state index contributed by atoms with van der Waals surface area (Å²) in [5, 5.41) is 6.19. The van der Waals surface area contributed by atoms with Crippen molar-refractivity contribution in [3.8, 4) is 0 Å². The van der Waals surface area contributed by atoms with Gasteiger partial charge in [-0.1, -0.05) is 32.4 Å². The van der Waals surface area contributed by atoms with Gasteiger partial charge in [-0.25, -0.2) is 18.1 Å². The van der Waals surface area contributed by atoms with E-state index < -0.39 is 57.6 Å². The van der Waals surface area contributed by atoms with Crippen molar-refractivity contribution in [2.75, 3.05) is 19.3 Å². The molecule has 0 radical (unpaired) electrons. The molecule has 3 amide bonds. The van der Waals surface area contributed by atoms with Crippen molar-refractivity contribution in [1.29, 1.82) is 0 Å². The molecule has 41 heavy (non-hydrogen) atoms. The van der Waals surface area contributed by atoms with Crippen LogP contribution >= 0.6 is 11.3 Å². The lowest BCUT2D eigenvalue weighted by atomic mass is 9.90. The Morgan fingerprint density at radius 3 is 2.59 bits per heavy atom. The number of aromatic nitrogens is 1. The van der Waals surface area contributed by atoms with E-state index in [2.05, 4.69) is 20.3 Å². The maximum atomic E-state index is 14.4. The highest BCUT2D eigenvalue weighted by molar-refractivity contribution is 7.88. The first-order chi connectivity index (χ1) is 19.4. The van der Waals surface area contributed by atoms with Crippen LogP contribution in [0.2, 0.25) is 0 Å². The van der Waals surface area contributed by atoms with Crippen molar-refractivity contribution in [3.05, 3.63) is 29.3 Å². The largest absolute Gasteiger partial charge is 0.356 e. The van der Waals surface area contributed by atoms with Gasteiger partial charge in [0.1, 0.15) is 12.1 Å². The Labute approximate surface area is 243 Å². The third kappa shape index (κ3) is 6.23. The van der Waals surface area contributed by atoms with E-state index >= 15 is 0 Å². The zero-order valence-electron chi connectivity index (χ0n) is 23.5. The molecule has 1 saturated carbocycles. The molecule has 2 aromatic rings. The van der Waals surface area contributed by atoms with Crippen LogP contribution in [0.5, 0.6) is 0 Å². The lowest BCUT2D eigenvalue weighted by Crippen LogP contribution is -2.61. The van der Waals surface area contributed by atoms with Crippen LogP contribution < -0.4 is 15.4 Å². The smallest absolute Gasteiger partial charge is 0.248 e. The molecule has 1 aliphatic carbocycles. The van der Waals surface area contributed by atoms with Gasteiger partial charge in [-0.15, -0.1) is 11.3 Å². The second kappa shape index (κ2) is 11.9. The number of para-hydroxylation sites is 1. The van der Waals surface area contributed by atoms with Crippen molar-refractivity contribution in [2.45, 2.75) is 64.1 Å². The van der Waals surface area contributed by atoms with E-state index in [0.29, 0.717) is 30.9 Å². The summed E-state index contributed by atoms with van der Waals surface area (Å²) in [6.45, 7) is 4.43. The van der Waals surface area contributed by atoms with Gasteiger partial charge in [-0.3, -0.25) is 24.1 Å². The number of carbonyl (C=O) groups excluding carboxylic acids is 4. The number of thiazole rings is 1. The molecule has 1 aromatic heterocycles. The Balaban J connectivity index is 1.60. The number of imide groups is 1. The van der Waals surface area contributed by atoms with E-state index in [4.69, 9.17) is 0 Å². The van der Waals surface area contributed by atoms with Gasteiger partial charge in [0.05, 0.1) is 22.5 Å². The lowest BCUT2D eigenvalue weighted by molar-refractivity contribution is -0.151. The highest BCUT2D eigenvalue weighted by Crippen LogP contribution is 2.39. The maximum absolute atomic E-state index is 14.4. The minimum Gasteiger partial charge on any atom is -0.356 e. The molecule has 3 aliphatic rings. The molecule has 5 rings (SSSR count). The molecule has 3 heterocycles. The number of Topliss-reactive ketones (excluding diaryl/α,β-unsaturated/α-hetero) is 1. The predicted molar refractivity (Wildman–Crippen MR) is 155 cm³/mol. The molecular formula is C28H37N5O6S2. The third-order valence-corrected chi connectivity index (χ3v) is 10.3. The Morgan fingerprint density at radius 2 is 1.93 bits per heavy atom. The monoisotopic (exact) mass is 603 g/mol. The summed E-state index contributed by atoms with van der Waals surface area (Å²) < 4.78 is 27.7. The molecule has 6 atom stereocenters. The quantitative estimate of drug-likeness (QED) is 0.347. The van der Waals surface area contributed by atoms with Gasteiger partial charge in [0.25, 0.3) is 0 Å². The number of amides is 3. The standard InChI is InChI=1S/C28H37N5O6S2/c1-15(2)22(32-41(3,38)39)27(36)33(28(37)23-18-8-6-7-17(18)14-30-23)20(13-16-11-12-29-25(16)35)24(34)26-31-19-9-4-5-10-21(19)40-26/h4-5,9-10,15-18,20,22-23,30,32H,6-8,11-14H2,1-3H3,(H,29,35)/t16-,17?,18?,20-,22-,23?/m0/s1. The second-order valence-electron chi connectivity index (χ2n) is 11.8. The SMILES string of the molecule is CC(C)[C@H](NS(C)(=O)=O)C(=O)N(C(=O)C1NCC2CCCC21)[C@@H](C[C@@H]1CCNC1=O)C(=O)c1nc2ccccc2s1. The van der Waals surface area contributed by atoms with Crippen LogP contribution in [0.15, 0.2) is 24.3 Å². The fraction of sp³-hybridized carbons (Fsp3) is 0.607. The zero-order valence-corrected chi connectivity index (χ0v) is 25.1. The van der Waals surface area contributed by atoms with Gasteiger partial charge in [0.2, 0.25) is 33.5 Å². The Morgan fingerprint density at radius 1 is 1.17 bits per heavy atom. The van der Waals surface area contributed by atoms with E-state index in [1.807, 2.05) is 18.2 Å². The van der Waals surface area contributed by atoms with E-state index in [0.717, 1.165) is 35.1 Å². The van der Waals surface area contributed by atoms with Crippen molar-refractivity contribution in [1.82, 2.24) is 25.2 Å². The molecule has 11 nitrogen and oxygen atoms in total. The summed E-state index contributed by atoms with van der Waals surface area (Å²) in [7, 11) is -3.84. The predicted octanol–water partition coefficient (Wildman–Crippen LogP) is 1.69. The number of fused-ring (bicyclic) bond motifs is 2. The number of sulfonamides is 1. The lowest BCUT2D eigenvalue weighted by Gasteiger charge is -2.36. The van der Waals surface area contributed by atoms with E-state index in [9.17, 15) is 27.6 Å². The van der Waals surface area contributed by atoms with Crippen molar-refractivity contribution in [2.24, 2.45) is 23.7 Å². The minimum atomic E-state index is -3.84. The van der Waals surface area contributed by atoms with Gasteiger partial charge in [-0.05, 0) is 62.1 Å². The molecule has 3 N–H and O–H groups in total. The molecule has 3 fully saturated rings. The molecule has 2 aliphatic heterocycles. The number of carbonyl (C=O) groups is 4. The van der Waals surface area contributed by atoms with Crippen molar-refractivity contribution < 1.29 is 27.6 Å². The number of nitrogens with one attached hydrogen (secondary N) is 3. The molecule has 0 spiro atoms. The van der Waals surface area contributed by atoms with Gasteiger partial charge in [-0.2, -0.15) is 0 Å². The van der Waals surface area contributed by atoms with E-state index in [1.54, 1.807) is 19.9 Å². The summed E-state index contributed by atoms with van der Waals surface area (Å²) in [4.78, 5) is 61.2. The molecule has 3 unspecified atom stereocenters. The number of hydrogen-bond acceptors (Lipinski definition) is 9. The fourth-order valence-electron chi connectivity index (χ4n) is 6.46. The summed E-state index contributed by atoms with van der Waals surface area (Å²) in [6, 6.07) is 3.98. The highest BCUT2D eigenvalue weighted by Gasteiger charge is 2.50. The molecule has 13 heteroatoms. The average Bonchev–Trinajstić information content (AvgIpc) is 3.70. The second-order valence-corrected chi connectivity index (χ2v) is 14.6. The average molecular weight is 604 g/mol. The first-order valence-corrected chi connectivity index (χ1v) is 16.9. The van der Waals surface area contributed by atoms with Crippen LogP contribution in [0, 0.1) is 23.7 Å². The Hall–Kier alpha value is -2.74. The van der Waals surface area contributed by atoms with Crippen LogP contribution in [0.1, 0.15) is 55.8 Å². The Kier molecular flexibility index (Phi) is 8.61. The van der Waals surface area contributed by atoms with Crippen LogP contribution in [0.3, 0.4) is 0 Å². The van der Waals surface area contributed by atoms with Crippen LogP contribution in [0.25, 0.3) is 10.2 Å². The zero-order chi connectivity index (χ0) is 29.5. The summed E-state index contributed by atoms with van der Waals surface area (Å²) in [5.41, 5.74) is 0.618. The van der Waals surface area contributed by atoms with Crippen molar-refractivity contribution >= 4 is 55.1 Å². The number of benzene rings is 1. The van der Waals surface area contributed by atoms with Gasteiger partial charge < -0.3 is 10.6 Å². The molecule has 0 bridgehead atoms. The molecule has 2 saturated heterocycles. The fourth-order valence-corrected chi connectivity index (χ4v) is 8.25. The number of ketones is 1. The Bertz CT molecular complexity index is 1420. The van der Waals surface area contributed by atoms with Crippen molar-refractivity contribution in [3.63, 3.8) is 0 Å². The van der Waals surface area contributed by atoms with Crippen LogP contribution in [-0.4, -0.2) is 79.3 Å². The number of nitrogens with zero attached hydrogens (tertiary/aromatic N) is 2. The van der Waals surface area contributed by atoms with Crippen LogP contribution in [0.4, 0.5) is 0 Å². The topological polar surface area (TPSA) is 155 Å². The molecule has 1 aromatic carbocycles. The van der Waals surface area contributed by atoms with Gasteiger partial charge >= 0.3 is 0 Å². The van der Waals surface area contributed by atoms with E-state index in [-0.39, 0.29) is 23.3 Å². The summed E-state index contributed by atoms with van der Waals surface area (Å²) in [5.74, 6) is -2.90. The first-order valence-electron chi connectivity index (χ1n) is 14.2. The third-order valence-electron chi connectivity index (χ3n) is 8.55. The maximum Gasteiger partial charge on any atom is 0.248 e. The van der Waals surface area contributed by atoms with E-state index in [1.165, 1.54) is 11.3 Å². The molecular weight excluding hydrogens is 566 g/mol. The number of hydrogen-bond donors (Lipinski definition) is 3. The van der Waals surface area contributed by atoms with Gasteiger partial charge in [0, 0.05) is 12.5 Å². The minimum absolute atomic E-state index is 0.0196. The molecule has 222 valence electrons. The van der Waals surface area contributed by atoms with Gasteiger partial charge in [0.15, 0.2) is 5.01 Å². The normalized spacial score (nSPS) is 25.7. The highest BCUT2D eigenvalue weighted by atomic mass is 32.2. The summed E-state index contributed by atoms with van der Waals surface area (Å²) in [6.07, 6.45) is 4.14. The van der Waals surface area contributed by atoms with Crippen LogP contribution in [-0.2, 0) is 24.4 Å². The number of rotatable bonds is 10. The first kappa shape index (κ1) is 29.7.